The van der Waals surface area contributed by atoms with Gasteiger partial charge in [-0.05, 0) is 72.7 Å². The van der Waals surface area contributed by atoms with E-state index in [0.29, 0.717) is 31.0 Å². The molecule has 3 rings (SSSR count). The van der Waals surface area contributed by atoms with Gasteiger partial charge in [0.05, 0.1) is 12.1 Å². The summed E-state index contributed by atoms with van der Waals surface area (Å²) in [5.74, 6) is -0.714. The van der Waals surface area contributed by atoms with E-state index in [0.717, 1.165) is 18.2 Å². The van der Waals surface area contributed by atoms with Crippen molar-refractivity contribution in [2.75, 3.05) is 24.6 Å². The minimum atomic E-state index is -0.599. The smallest absolute Gasteiger partial charge is 0.137 e. The van der Waals surface area contributed by atoms with Crippen LogP contribution in [0.4, 0.5) is 14.5 Å². The zero-order chi connectivity index (χ0) is 20.5. The van der Waals surface area contributed by atoms with Crippen LogP contribution in [0.2, 0.25) is 0 Å². The van der Waals surface area contributed by atoms with Gasteiger partial charge in [-0.2, -0.15) is 0 Å². The molecule has 4 heteroatoms. The van der Waals surface area contributed by atoms with Crippen molar-refractivity contribution in [3.8, 4) is 0 Å². The van der Waals surface area contributed by atoms with Crippen LogP contribution < -0.4 is 4.90 Å². The Hall–Kier alpha value is -2.36. The Kier molecular flexibility index (Phi) is 5.78. The fourth-order valence-corrected chi connectivity index (χ4v) is 3.68. The van der Waals surface area contributed by atoms with Crippen molar-refractivity contribution in [1.29, 1.82) is 0 Å². The number of nitrogens with zero attached hydrogens (tertiary/aromatic N) is 1. The molecule has 1 aliphatic rings. The van der Waals surface area contributed by atoms with Crippen LogP contribution in [0.25, 0.3) is 5.76 Å². The van der Waals surface area contributed by atoms with E-state index in [1.807, 2.05) is 6.08 Å². The summed E-state index contributed by atoms with van der Waals surface area (Å²) >= 11 is 0. The third-order valence-corrected chi connectivity index (χ3v) is 5.07. The highest BCUT2D eigenvalue weighted by molar-refractivity contribution is 5.63. The molecule has 2 aromatic carbocycles. The van der Waals surface area contributed by atoms with E-state index in [4.69, 9.17) is 4.74 Å². The fraction of sp³-hybridized carbons (Fsp3) is 0.417. The molecule has 0 bridgehead atoms. The highest BCUT2D eigenvalue weighted by Crippen LogP contribution is 2.30. The number of anilines is 1. The number of benzene rings is 2. The van der Waals surface area contributed by atoms with Gasteiger partial charge in [-0.1, -0.05) is 20.8 Å². The summed E-state index contributed by atoms with van der Waals surface area (Å²) < 4.78 is 33.0. The lowest BCUT2D eigenvalue weighted by atomic mass is 9.84. The van der Waals surface area contributed by atoms with Crippen LogP contribution in [0.15, 0.2) is 36.4 Å². The monoisotopic (exact) mass is 385 g/mol. The molecule has 28 heavy (non-hydrogen) atoms. The summed E-state index contributed by atoms with van der Waals surface area (Å²) in [6, 6.07) is 8.04. The van der Waals surface area contributed by atoms with Gasteiger partial charge in [0.15, 0.2) is 0 Å². The summed E-state index contributed by atoms with van der Waals surface area (Å²) in [5.41, 5.74) is 5.69. The summed E-state index contributed by atoms with van der Waals surface area (Å²) in [6.07, 6.45) is 2.92. The second kappa shape index (κ2) is 7.94. The zero-order valence-electron chi connectivity index (χ0n) is 17.4. The van der Waals surface area contributed by atoms with Crippen molar-refractivity contribution < 1.29 is 13.5 Å². The Balaban J connectivity index is 1.84. The molecule has 0 aromatic heterocycles. The minimum Gasteiger partial charge on any atom is -0.491 e. The first-order chi connectivity index (χ1) is 13.1. The van der Waals surface area contributed by atoms with Crippen molar-refractivity contribution in [3.63, 3.8) is 0 Å². The molecule has 0 unspecified atom stereocenters. The van der Waals surface area contributed by atoms with Crippen LogP contribution in [0, 0.1) is 30.9 Å². The first-order valence-electron chi connectivity index (χ1n) is 9.77. The molecule has 1 heterocycles. The summed E-state index contributed by atoms with van der Waals surface area (Å²) in [4.78, 5) is 2.23. The van der Waals surface area contributed by atoms with E-state index >= 15 is 0 Å². The van der Waals surface area contributed by atoms with Crippen LogP contribution >= 0.6 is 0 Å². The topological polar surface area (TPSA) is 12.5 Å². The minimum absolute atomic E-state index is 0.240. The van der Waals surface area contributed by atoms with Crippen molar-refractivity contribution in [1.82, 2.24) is 0 Å². The quantitative estimate of drug-likeness (QED) is 0.638. The zero-order valence-corrected chi connectivity index (χ0v) is 17.4. The average molecular weight is 385 g/mol. The molecule has 1 aliphatic heterocycles. The molecule has 0 atom stereocenters. The molecule has 2 nitrogen and oxygen atoms in total. The molecule has 150 valence electrons. The van der Waals surface area contributed by atoms with Gasteiger partial charge in [0.2, 0.25) is 0 Å². The number of aryl methyl sites for hydroxylation is 2. The molecule has 0 fully saturated rings. The Labute approximate surface area is 166 Å². The Bertz CT molecular complexity index is 873. The van der Waals surface area contributed by atoms with E-state index in [2.05, 4.69) is 51.7 Å². The van der Waals surface area contributed by atoms with Gasteiger partial charge in [-0.15, -0.1) is 0 Å². The van der Waals surface area contributed by atoms with E-state index in [9.17, 15) is 8.78 Å². The highest BCUT2D eigenvalue weighted by Gasteiger charge is 2.19. The predicted molar refractivity (Wildman–Crippen MR) is 112 cm³/mol. The molecule has 2 aromatic rings. The Morgan fingerprint density at radius 3 is 2.32 bits per heavy atom. The summed E-state index contributed by atoms with van der Waals surface area (Å²) in [6.45, 7) is 12.9. The molecule has 0 radical (unpaired) electrons. The number of hydrogen-bond donors (Lipinski definition) is 0. The molecule has 0 spiro atoms. The molecule has 0 N–H and O–H groups in total. The number of halogens is 2. The van der Waals surface area contributed by atoms with Gasteiger partial charge in [-0.3, -0.25) is 0 Å². The first-order valence-corrected chi connectivity index (χ1v) is 9.77. The van der Waals surface area contributed by atoms with Gasteiger partial charge in [0.25, 0.3) is 0 Å². The van der Waals surface area contributed by atoms with Crippen molar-refractivity contribution in [3.05, 3.63) is 70.3 Å². The van der Waals surface area contributed by atoms with Crippen molar-refractivity contribution in [2.45, 2.75) is 41.0 Å². The number of ether oxygens (including phenoxy) is 1. The van der Waals surface area contributed by atoms with Crippen LogP contribution in [0.1, 0.15) is 43.0 Å². The lowest BCUT2D eigenvalue weighted by Crippen LogP contribution is -2.26. The number of rotatable bonds is 3. The molecule has 0 amide bonds. The van der Waals surface area contributed by atoms with E-state index < -0.39 is 11.6 Å². The third kappa shape index (κ3) is 4.73. The maximum atomic E-state index is 14.1. The molecule has 0 saturated carbocycles. The normalized spacial score (nSPS) is 15.1. The SMILES string of the molecule is Cc1cc(N2CC=C(c3ccc(F)cc3F)OCC2)cc(C)c1CC(C)(C)C. The molecular weight excluding hydrogens is 356 g/mol. The lowest BCUT2D eigenvalue weighted by molar-refractivity contribution is 0.288. The lowest BCUT2D eigenvalue weighted by Gasteiger charge is -2.26. The van der Waals surface area contributed by atoms with Crippen LogP contribution in [0.5, 0.6) is 0 Å². The van der Waals surface area contributed by atoms with Gasteiger partial charge < -0.3 is 9.64 Å². The molecule has 0 saturated heterocycles. The largest absolute Gasteiger partial charge is 0.491 e. The van der Waals surface area contributed by atoms with E-state index in [-0.39, 0.29) is 5.41 Å². The van der Waals surface area contributed by atoms with Gasteiger partial charge in [0.1, 0.15) is 24.0 Å². The number of hydrogen-bond acceptors (Lipinski definition) is 2. The highest BCUT2D eigenvalue weighted by atomic mass is 19.1. The standard InChI is InChI=1S/C24H29F2NO/c1-16-12-19(13-17(2)21(16)15-24(3,4)5)27-9-8-23(28-11-10-27)20-7-6-18(25)14-22(20)26/h6-8,12-14H,9-11,15H2,1-5H3. The maximum Gasteiger partial charge on any atom is 0.137 e. The Morgan fingerprint density at radius 1 is 1.04 bits per heavy atom. The summed E-state index contributed by atoms with van der Waals surface area (Å²) in [5, 5.41) is 0. The van der Waals surface area contributed by atoms with Gasteiger partial charge in [-0.25, -0.2) is 8.78 Å². The van der Waals surface area contributed by atoms with Crippen LogP contribution in [-0.4, -0.2) is 19.7 Å². The van der Waals surface area contributed by atoms with Gasteiger partial charge in [0, 0.05) is 18.3 Å². The van der Waals surface area contributed by atoms with Crippen molar-refractivity contribution >= 4 is 11.4 Å². The van der Waals surface area contributed by atoms with E-state index in [1.54, 1.807) is 0 Å². The average Bonchev–Trinajstić information content (AvgIpc) is 2.83. The van der Waals surface area contributed by atoms with Crippen LogP contribution in [0.3, 0.4) is 0 Å². The van der Waals surface area contributed by atoms with Crippen molar-refractivity contribution in [2.24, 2.45) is 5.41 Å². The third-order valence-electron chi connectivity index (χ3n) is 5.07. The maximum absolute atomic E-state index is 14.1. The second-order valence-corrected chi connectivity index (χ2v) is 8.78. The first kappa shape index (κ1) is 20.4. The predicted octanol–water partition coefficient (Wildman–Crippen LogP) is 6.05. The van der Waals surface area contributed by atoms with E-state index in [1.165, 1.54) is 28.8 Å². The molecule has 0 aliphatic carbocycles. The van der Waals surface area contributed by atoms with Gasteiger partial charge >= 0.3 is 0 Å². The molecular formula is C24H29F2NO. The summed E-state index contributed by atoms with van der Waals surface area (Å²) in [7, 11) is 0. The van der Waals surface area contributed by atoms with Crippen LogP contribution in [-0.2, 0) is 11.2 Å². The Morgan fingerprint density at radius 2 is 1.71 bits per heavy atom. The fourth-order valence-electron chi connectivity index (χ4n) is 3.68. The second-order valence-electron chi connectivity index (χ2n) is 8.78.